The summed E-state index contributed by atoms with van der Waals surface area (Å²) in [7, 11) is 0. The van der Waals surface area contributed by atoms with E-state index in [0.717, 1.165) is 17.0 Å². The predicted octanol–water partition coefficient (Wildman–Crippen LogP) is 4.83. The summed E-state index contributed by atoms with van der Waals surface area (Å²) < 4.78 is 0. The van der Waals surface area contributed by atoms with E-state index in [0.29, 0.717) is 6.54 Å². The summed E-state index contributed by atoms with van der Waals surface area (Å²) in [6.45, 7) is 0.558. The van der Waals surface area contributed by atoms with Gasteiger partial charge in [0.15, 0.2) is 0 Å². The van der Waals surface area contributed by atoms with Crippen molar-refractivity contribution >= 4 is 29.3 Å². The lowest BCUT2D eigenvalue weighted by Crippen LogP contribution is -2.35. The van der Waals surface area contributed by atoms with E-state index in [9.17, 15) is 9.59 Å². The first-order chi connectivity index (χ1) is 14.7. The van der Waals surface area contributed by atoms with Gasteiger partial charge >= 0.3 is 0 Å². The molecule has 4 nitrogen and oxygen atoms in total. The molecule has 2 amide bonds. The average Bonchev–Trinajstić information content (AvgIpc) is 2.78. The molecule has 0 aliphatic carbocycles. The molecule has 0 saturated carbocycles. The largest absolute Gasteiger partial charge is 0.356 e. The number of amides is 2. The fraction of sp³-hybridized carbons (Fsp3) is 0.200. The van der Waals surface area contributed by atoms with E-state index < -0.39 is 5.25 Å². The van der Waals surface area contributed by atoms with Gasteiger partial charge in [-0.15, -0.1) is 11.8 Å². The zero-order chi connectivity index (χ0) is 20.8. The lowest BCUT2D eigenvalue weighted by Gasteiger charge is -2.23. The minimum Gasteiger partial charge on any atom is -0.356 e. The van der Waals surface area contributed by atoms with Gasteiger partial charge in [-0.25, -0.2) is 0 Å². The number of para-hydroxylation sites is 1. The summed E-state index contributed by atoms with van der Waals surface area (Å²) in [6, 6.07) is 28.4. The third kappa shape index (κ3) is 4.92. The van der Waals surface area contributed by atoms with Crippen LogP contribution in [0, 0.1) is 0 Å². The fourth-order valence-corrected chi connectivity index (χ4v) is 4.83. The first kappa shape index (κ1) is 20.2. The highest BCUT2D eigenvalue weighted by Gasteiger charge is 2.28. The Hall–Kier alpha value is -3.05. The van der Waals surface area contributed by atoms with Gasteiger partial charge in [-0.2, -0.15) is 0 Å². The molecular formula is C25H24N2O2S. The molecule has 3 aromatic carbocycles. The fourth-order valence-electron chi connectivity index (χ4n) is 3.72. The van der Waals surface area contributed by atoms with Crippen molar-refractivity contribution in [2.45, 2.75) is 28.9 Å². The molecule has 5 heteroatoms. The molecule has 1 aliphatic rings. The number of benzene rings is 3. The summed E-state index contributed by atoms with van der Waals surface area (Å²) >= 11 is 1.45. The van der Waals surface area contributed by atoms with Crippen LogP contribution in [-0.2, 0) is 9.59 Å². The van der Waals surface area contributed by atoms with Gasteiger partial charge in [0.05, 0.1) is 10.9 Å². The summed E-state index contributed by atoms with van der Waals surface area (Å²) in [5.41, 5.74) is 3.28. The van der Waals surface area contributed by atoms with Crippen LogP contribution in [0.3, 0.4) is 0 Å². The van der Waals surface area contributed by atoms with Crippen LogP contribution < -0.4 is 10.6 Å². The molecule has 0 saturated heterocycles. The molecule has 152 valence electrons. The quantitative estimate of drug-likeness (QED) is 0.580. The van der Waals surface area contributed by atoms with Crippen LogP contribution in [-0.4, -0.2) is 23.6 Å². The average molecular weight is 417 g/mol. The van der Waals surface area contributed by atoms with Crippen molar-refractivity contribution in [1.29, 1.82) is 0 Å². The van der Waals surface area contributed by atoms with E-state index in [1.54, 1.807) is 0 Å². The Bertz CT molecular complexity index is 968. The van der Waals surface area contributed by atoms with Crippen molar-refractivity contribution in [2.24, 2.45) is 0 Å². The lowest BCUT2D eigenvalue weighted by atomic mass is 9.88. The van der Waals surface area contributed by atoms with E-state index in [2.05, 4.69) is 34.9 Å². The van der Waals surface area contributed by atoms with E-state index in [4.69, 9.17) is 0 Å². The monoisotopic (exact) mass is 416 g/mol. The number of carbonyl (C=O) groups is 2. The molecule has 2 N–H and O–H groups in total. The van der Waals surface area contributed by atoms with Crippen molar-refractivity contribution < 1.29 is 9.59 Å². The van der Waals surface area contributed by atoms with Crippen LogP contribution in [0.25, 0.3) is 0 Å². The standard InChI is InChI=1S/C25H24N2O2S/c28-24(17-23-25(29)27-21-13-7-8-14-22(21)30-23)26-16-15-20(18-9-3-1-4-10-18)19-11-5-2-6-12-19/h1-14,20,23H,15-17H2,(H,26,28)(H,27,29). The number of thioether (sulfide) groups is 1. The van der Waals surface area contributed by atoms with Gasteiger partial charge in [-0.1, -0.05) is 72.8 Å². The third-order valence-electron chi connectivity index (χ3n) is 5.24. The number of hydrogen-bond donors (Lipinski definition) is 2. The number of anilines is 1. The van der Waals surface area contributed by atoms with E-state index in [1.807, 2.05) is 60.7 Å². The summed E-state index contributed by atoms with van der Waals surface area (Å²) in [4.78, 5) is 25.9. The highest BCUT2D eigenvalue weighted by molar-refractivity contribution is 8.01. The molecule has 0 fully saturated rings. The van der Waals surface area contributed by atoms with Gasteiger partial charge < -0.3 is 10.6 Å². The zero-order valence-corrected chi connectivity index (χ0v) is 17.4. The van der Waals surface area contributed by atoms with Gasteiger partial charge in [-0.05, 0) is 29.7 Å². The highest BCUT2D eigenvalue weighted by atomic mass is 32.2. The van der Waals surface area contributed by atoms with Crippen molar-refractivity contribution in [3.63, 3.8) is 0 Å². The van der Waals surface area contributed by atoms with Crippen molar-refractivity contribution in [3.8, 4) is 0 Å². The van der Waals surface area contributed by atoms with Crippen LogP contribution in [0.15, 0.2) is 89.8 Å². The molecule has 0 bridgehead atoms. The Morgan fingerprint density at radius 2 is 1.50 bits per heavy atom. The molecule has 1 heterocycles. The Kier molecular flexibility index (Phi) is 6.50. The summed E-state index contributed by atoms with van der Waals surface area (Å²) in [6.07, 6.45) is 0.971. The molecule has 1 aliphatic heterocycles. The molecule has 1 atom stereocenters. The third-order valence-corrected chi connectivity index (χ3v) is 6.51. The zero-order valence-electron chi connectivity index (χ0n) is 16.6. The summed E-state index contributed by atoms with van der Waals surface area (Å²) in [5, 5.41) is 5.50. The number of carbonyl (C=O) groups excluding carboxylic acids is 2. The van der Waals surface area contributed by atoms with Gasteiger partial charge in [0.1, 0.15) is 0 Å². The van der Waals surface area contributed by atoms with Crippen molar-refractivity contribution in [3.05, 3.63) is 96.1 Å². The molecule has 3 aromatic rings. The number of fused-ring (bicyclic) bond motifs is 1. The first-order valence-corrected chi connectivity index (χ1v) is 11.0. The van der Waals surface area contributed by atoms with Gasteiger partial charge in [0, 0.05) is 23.8 Å². The molecule has 30 heavy (non-hydrogen) atoms. The molecule has 0 radical (unpaired) electrons. The maximum atomic E-state index is 12.5. The first-order valence-electron chi connectivity index (χ1n) is 10.1. The SMILES string of the molecule is O=C(CC1Sc2ccccc2NC1=O)NCCC(c1ccccc1)c1ccccc1. The lowest BCUT2D eigenvalue weighted by molar-refractivity contribution is -0.124. The second-order valence-electron chi connectivity index (χ2n) is 7.31. The second-order valence-corrected chi connectivity index (χ2v) is 8.55. The number of nitrogens with one attached hydrogen (secondary N) is 2. The van der Waals surface area contributed by atoms with Gasteiger partial charge in [0.2, 0.25) is 11.8 Å². The van der Waals surface area contributed by atoms with E-state index >= 15 is 0 Å². The molecule has 0 aromatic heterocycles. The van der Waals surface area contributed by atoms with Crippen LogP contribution in [0.5, 0.6) is 0 Å². The summed E-state index contributed by atoms with van der Waals surface area (Å²) in [5.74, 6) is 0.00846. The van der Waals surface area contributed by atoms with Crippen LogP contribution >= 0.6 is 11.8 Å². The Balaban J connectivity index is 1.35. The molecule has 0 spiro atoms. The van der Waals surface area contributed by atoms with Crippen molar-refractivity contribution in [1.82, 2.24) is 5.32 Å². The second kappa shape index (κ2) is 9.63. The number of hydrogen-bond acceptors (Lipinski definition) is 3. The van der Waals surface area contributed by atoms with E-state index in [-0.39, 0.29) is 24.2 Å². The minimum absolute atomic E-state index is 0.0955. The van der Waals surface area contributed by atoms with E-state index in [1.165, 1.54) is 22.9 Å². The predicted molar refractivity (Wildman–Crippen MR) is 122 cm³/mol. The smallest absolute Gasteiger partial charge is 0.238 e. The van der Waals surface area contributed by atoms with Crippen LogP contribution in [0.1, 0.15) is 29.9 Å². The minimum atomic E-state index is -0.404. The highest BCUT2D eigenvalue weighted by Crippen LogP contribution is 2.36. The maximum Gasteiger partial charge on any atom is 0.238 e. The molecule has 1 unspecified atom stereocenters. The van der Waals surface area contributed by atoms with Crippen LogP contribution in [0.2, 0.25) is 0 Å². The Labute approximate surface area is 181 Å². The van der Waals surface area contributed by atoms with Gasteiger partial charge in [-0.3, -0.25) is 9.59 Å². The Morgan fingerprint density at radius 3 is 2.17 bits per heavy atom. The van der Waals surface area contributed by atoms with Crippen LogP contribution in [0.4, 0.5) is 5.69 Å². The molecule has 4 rings (SSSR count). The topological polar surface area (TPSA) is 58.2 Å². The normalized spacial score (nSPS) is 15.4. The van der Waals surface area contributed by atoms with Gasteiger partial charge in [0.25, 0.3) is 0 Å². The Morgan fingerprint density at radius 1 is 0.900 bits per heavy atom. The maximum absolute atomic E-state index is 12.5. The van der Waals surface area contributed by atoms with Crippen molar-refractivity contribution in [2.75, 3.05) is 11.9 Å². The molecular weight excluding hydrogens is 392 g/mol. The number of rotatable bonds is 7.